The van der Waals surface area contributed by atoms with E-state index in [2.05, 4.69) is 13.5 Å². The number of carbonyl (C=O) groups is 1. The first-order valence-corrected chi connectivity index (χ1v) is 7.81. The largest absolute Gasteiger partial charge is 0.424 e. The minimum Gasteiger partial charge on any atom is -0.394 e. The van der Waals surface area contributed by atoms with E-state index in [1.165, 1.54) is 5.48 Å². The Hall–Kier alpha value is -0.790. The molecule has 0 spiro atoms. The molecule has 0 aromatic rings. The van der Waals surface area contributed by atoms with Crippen molar-refractivity contribution < 1.29 is 59.6 Å². The van der Waals surface area contributed by atoms with Gasteiger partial charge in [0.15, 0.2) is 5.78 Å². The average Bonchev–Trinajstić information content (AvgIpc) is 2.35. The lowest BCUT2D eigenvalue weighted by molar-refractivity contribution is -0.231. The summed E-state index contributed by atoms with van der Waals surface area (Å²) in [6, 6.07) is -1.87. The Labute approximate surface area is 124 Å². The number of rotatable bonds is 11. The van der Waals surface area contributed by atoms with Crippen molar-refractivity contribution in [1.82, 2.24) is 5.48 Å². The van der Waals surface area contributed by atoms with Gasteiger partial charge in [0.1, 0.15) is 24.9 Å². The summed E-state index contributed by atoms with van der Waals surface area (Å²) in [7, 11) is -9.98. The molecule has 0 saturated heterocycles. The molecule has 14 nitrogen and oxygen atoms in total. The molecule has 132 valence electrons. The first-order chi connectivity index (χ1) is 9.87. The van der Waals surface area contributed by atoms with Crippen LogP contribution in [0.2, 0.25) is 0 Å². The van der Waals surface area contributed by atoms with Crippen molar-refractivity contribution in [1.29, 1.82) is 0 Å². The van der Waals surface area contributed by atoms with E-state index in [-0.39, 0.29) is 0 Å². The predicted octanol–water partition coefficient (Wildman–Crippen LogP) is -4.29. The standard InChI is InChI=1S/C6H13NO13S2/c8-1-3(7-19-21(12,13)14)5(10)6(11)4(9)2-18-20-22(15,16)17/h3-4,6-9,11H,1-2H2,(H,12,13,14)(H,15,16,17)/t3-,4+,6+/m0/s1. The Morgan fingerprint density at radius 3 is 2.05 bits per heavy atom. The average molecular weight is 371 g/mol. The molecule has 0 heterocycles. The van der Waals surface area contributed by atoms with Crippen LogP contribution in [0.3, 0.4) is 0 Å². The lowest BCUT2D eigenvalue weighted by atomic mass is 10.0. The summed E-state index contributed by atoms with van der Waals surface area (Å²) >= 11 is 0. The van der Waals surface area contributed by atoms with Crippen LogP contribution in [0.1, 0.15) is 0 Å². The van der Waals surface area contributed by atoms with E-state index in [4.69, 9.17) is 14.2 Å². The maximum absolute atomic E-state index is 11.5. The van der Waals surface area contributed by atoms with Crippen molar-refractivity contribution in [2.24, 2.45) is 0 Å². The van der Waals surface area contributed by atoms with Crippen LogP contribution < -0.4 is 5.48 Å². The molecule has 0 aromatic carbocycles. The zero-order valence-corrected chi connectivity index (χ0v) is 12.1. The molecule has 0 fully saturated rings. The number of ketones is 1. The van der Waals surface area contributed by atoms with Gasteiger partial charge < -0.3 is 15.3 Å². The predicted molar refractivity (Wildman–Crippen MR) is 62.2 cm³/mol. The third kappa shape index (κ3) is 9.27. The Bertz CT molecular complexity index is 555. The van der Waals surface area contributed by atoms with Gasteiger partial charge >= 0.3 is 20.8 Å². The normalized spacial score (nSPS) is 17.0. The quantitative estimate of drug-likeness (QED) is 0.115. The molecule has 0 radical (unpaired) electrons. The van der Waals surface area contributed by atoms with Crippen LogP contribution >= 0.6 is 0 Å². The van der Waals surface area contributed by atoms with Gasteiger partial charge in [-0.25, -0.2) is 4.89 Å². The summed E-state index contributed by atoms with van der Waals surface area (Å²) in [5.74, 6) is -1.39. The first-order valence-electron chi connectivity index (χ1n) is 5.08. The second-order valence-corrected chi connectivity index (χ2v) is 5.57. The highest BCUT2D eigenvalue weighted by atomic mass is 32.3. The fourth-order valence-corrected chi connectivity index (χ4v) is 1.36. The molecule has 16 heteroatoms. The van der Waals surface area contributed by atoms with Gasteiger partial charge in [-0.3, -0.25) is 13.9 Å². The Balaban J connectivity index is 4.53. The Morgan fingerprint density at radius 1 is 1.09 bits per heavy atom. The van der Waals surface area contributed by atoms with Gasteiger partial charge in [0.25, 0.3) is 0 Å². The molecule has 0 aliphatic heterocycles. The van der Waals surface area contributed by atoms with Crippen LogP contribution in [0, 0.1) is 0 Å². The van der Waals surface area contributed by atoms with Crippen molar-refractivity contribution >= 4 is 26.6 Å². The molecule has 0 aliphatic rings. The van der Waals surface area contributed by atoms with Crippen molar-refractivity contribution in [2.75, 3.05) is 13.2 Å². The zero-order valence-electron chi connectivity index (χ0n) is 10.5. The molecule has 0 unspecified atom stereocenters. The first kappa shape index (κ1) is 21.2. The summed E-state index contributed by atoms with van der Waals surface area (Å²) in [5, 5.41) is 27.5. The van der Waals surface area contributed by atoms with Gasteiger partial charge in [0, 0.05) is 0 Å². The third-order valence-electron chi connectivity index (χ3n) is 1.85. The van der Waals surface area contributed by atoms with Crippen LogP contribution in [-0.2, 0) is 39.1 Å². The van der Waals surface area contributed by atoms with E-state index in [0.29, 0.717) is 0 Å². The highest BCUT2D eigenvalue weighted by Gasteiger charge is 2.32. The minimum absolute atomic E-state index is 1.09. The molecular formula is C6H13NO13S2. The molecule has 0 saturated carbocycles. The lowest BCUT2D eigenvalue weighted by Gasteiger charge is -2.20. The Kier molecular flexibility index (Phi) is 8.43. The summed E-state index contributed by atoms with van der Waals surface area (Å²) in [5.41, 5.74) is 1.41. The number of hydrogen-bond donors (Lipinski definition) is 6. The smallest absolute Gasteiger partial charge is 0.394 e. The molecule has 22 heavy (non-hydrogen) atoms. The summed E-state index contributed by atoms with van der Waals surface area (Å²) in [6.07, 6.45) is -4.37. The van der Waals surface area contributed by atoms with E-state index in [0.717, 1.165) is 0 Å². The van der Waals surface area contributed by atoms with Gasteiger partial charge in [0.05, 0.1) is 6.61 Å². The van der Waals surface area contributed by atoms with Gasteiger partial charge in [-0.2, -0.15) is 26.6 Å². The number of hydrogen-bond acceptors (Lipinski definition) is 12. The van der Waals surface area contributed by atoms with Crippen molar-refractivity contribution in [3.05, 3.63) is 0 Å². The maximum atomic E-state index is 11.5. The molecule has 0 bridgehead atoms. The van der Waals surface area contributed by atoms with Gasteiger partial charge in [-0.15, -0.1) is 0 Å². The van der Waals surface area contributed by atoms with Crippen LogP contribution in [0.5, 0.6) is 0 Å². The molecular weight excluding hydrogens is 358 g/mol. The van der Waals surface area contributed by atoms with Crippen LogP contribution in [0.15, 0.2) is 0 Å². The highest BCUT2D eigenvalue weighted by molar-refractivity contribution is 7.81. The maximum Gasteiger partial charge on any atom is 0.424 e. The molecule has 6 N–H and O–H groups in total. The molecule has 0 amide bonds. The van der Waals surface area contributed by atoms with Gasteiger partial charge in [-0.05, 0) is 0 Å². The number of aliphatic hydroxyl groups is 3. The third-order valence-corrected chi connectivity index (χ3v) is 2.43. The van der Waals surface area contributed by atoms with E-state index in [1.807, 2.05) is 0 Å². The SMILES string of the molecule is O=C([C@H](CO)NOS(=O)(=O)O)[C@H](O)[C@H](O)COOS(=O)(=O)O. The van der Waals surface area contributed by atoms with E-state index < -0.39 is 58.0 Å². The number of aliphatic hydroxyl groups excluding tert-OH is 3. The molecule has 3 atom stereocenters. The second kappa shape index (κ2) is 8.74. The van der Waals surface area contributed by atoms with Crippen LogP contribution in [0.25, 0.3) is 0 Å². The zero-order chi connectivity index (χ0) is 17.6. The van der Waals surface area contributed by atoms with Crippen molar-refractivity contribution in [3.8, 4) is 0 Å². The lowest BCUT2D eigenvalue weighted by Crippen LogP contribution is -2.50. The minimum atomic E-state index is -5.00. The number of carbonyl (C=O) groups excluding carboxylic acids is 1. The molecule has 0 rings (SSSR count). The number of nitrogens with one attached hydrogen (secondary N) is 1. The fraction of sp³-hybridized carbons (Fsp3) is 0.833. The fourth-order valence-electron chi connectivity index (χ4n) is 0.949. The number of Topliss-reactive ketones (excluding diaryl/α,β-unsaturated/α-hetero) is 1. The van der Waals surface area contributed by atoms with Crippen molar-refractivity contribution in [3.63, 3.8) is 0 Å². The van der Waals surface area contributed by atoms with Crippen LogP contribution in [0.4, 0.5) is 0 Å². The molecule has 0 aliphatic carbocycles. The van der Waals surface area contributed by atoms with E-state index >= 15 is 0 Å². The van der Waals surface area contributed by atoms with Crippen LogP contribution in [-0.4, -0.2) is 78.5 Å². The topological polar surface area (TPSA) is 226 Å². The summed E-state index contributed by atoms with van der Waals surface area (Å²) < 4.78 is 64.1. The highest BCUT2D eigenvalue weighted by Crippen LogP contribution is 2.02. The Morgan fingerprint density at radius 2 is 1.64 bits per heavy atom. The van der Waals surface area contributed by atoms with E-state index in [1.54, 1.807) is 0 Å². The monoisotopic (exact) mass is 371 g/mol. The van der Waals surface area contributed by atoms with Gasteiger partial charge in [-0.1, -0.05) is 4.33 Å². The van der Waals surface area contributed by atoms with Crippen molar-refractivity contribution in [2.45, 2.75) is 18.2 Å². The second-order valence-electron chi connectivity index (χ2n) is 3.56. The summed E-state index contributed by atoms with van der Waals surface area (Å²) in [6.45, 7) is -2.19. The number of hydroxylamine groups is 1. The van der Waals surface area contributed by atoms with E-state index in [9.17, 15) is 31.8 Å². The molecule has 0 aromatic heterocycles. The van der Waals surface area contributed by atoms with Gasteiger partial charge in [0.2, 0.25) is 0 Å². The summed E-state index contributed by atoms with van der Waals surface area (Å²) in [4.78, 5) is 15.3.